The second-order valence-corrected chi connectivity index (χ2v) is 8.85. The standard InChI is InChI=1S/C18H24N4O4S/c1-13(2)22-10-8-17(20-22)18(24)19-14-5-3-7-16(11-14)27(25,26)21-9-4-6-15(23)12-21/h3,5,7-8,10-11,13,15,23H,4,6,9,12H2,1-2H3,(H,19,24)/t15-/m1/s1. The normalized spacial score (nSPS) is 18.6. The lowest BCUT2D eigenvalue weighted by Crippen LogP contribution is -2.42. The zero-order valence-corrected chi connectivity index (χ0v) is 16.2. The van der Waals surface area contributed by atoms with Gasteiger partial charge in [0.2, 0.25) is 10.0 Å². The lowest BCUT2D eigenvalue weighted by molar-refractivity contribution is 0.102. The Morgan fingerprint density at radius 3 is 2.78 bits per heavy atom. The van der Waals surface area contributed by atoms with Gasteiger partial charge in [-0.1, -0.05) is 6.07 Å². The van der Waals surface area contributed by atoms with Gasteiger partial charge in [-0.05, 0) is 51.0 Å². The maximum atomic E-state index is 12.8. The summed E-state index contributed by atoms with van der Waals surface area (Å²) in [4.78, 5) is 12.5. The van der Waals surface area contributed by atoms with Gasteiger partial charge in [0, 0.05) is 31.0 Å². The average molecular weight is 392 g/mol. The monoisotopic (exact) mass is 392 g/mol. The van der Waals surface area contributed by atoms with Crippen LogP contribution in [0.25, 0.3) is 0 Å². The molecule has 1 aromatic carbocycles. The third kappa shape index (κ3) is 4.37. The van der Waals surface area contributed by atoms with Crippen molar-refractivity contribution in [3.8, 4) is 0 Å². The predicted molar refractivity (Wildman–Crippen MR) is 101 cm³/mol. The molecule has 146 valence electrons. The fourth-order valence-electron chi connectivity index (χ4n) is 2.96. The Bertz CT molecular complexity index is 923. The van der Waals surface area contributed by atoms with Crippen LogP contribution in [0.2, 0.25) is 0 Å². The number of sulfonamides is 1. The molecule has 8 nitrogen and oxygen atoms in total. The molecule has 2 N–H and O–H groups in total. The van der Waals surface area contributed by atoms with Crippen molar-refractivity contribution in [2.45, 2.75) is 43.7 Å². The second kappa shape index (κ2) is 7.79. The molecule has 1 fully saturated rings. The van der Waals surface area contributed by atoms with Crippen LogP contribution in [0.3, 0.4) is 0 Å². The van der Waals surface area contributed by atoms with Gasteiger partial charge in [-0.3, -0.25) is 9.48 Å². The number of anilines is 1. The summed E-state index contributed by atoms with van der Waals surface area (Å²) in [7, 11) is -3.72. The number of aliphatic hydroxyl groups is 1. The Balaban J connectivity index is 1.77. The predicted octanol–water partition coefficient (Wildman–Crippen LogP) is 1.86. The van der Waals surface area contributed by atoms with Gasteiger partial charge < -0.3 is 10.4 Å². The average Bonchev–Trinajstić information content (AvgIpc) is 3.12. The van der Waals surface area contributed by atoms with E-state index >= 15 is 0 Å². The van der Waals surface area contributed by atoms with Crippen molar-refractivity contribution in [3.63, 3.8) is 0 Å². The zero-order chi connectivity index (χ0) is 19.6. The summed E-state index contributed by atoms with van der Waals surface area (Å²) in [6.45, 7) is 4.38. The van der Waals surface area contributed by atoms with E-state index < -0.39 is 22.0 Å². The Morgan fingerprint density at radius 1 is 1.33 bits per heavy atom. The summed E-state index contributed by atoms with van der Waals surface area (Å²) in [5.74, 6) is -0.405. The number of carbonyl (C=O) groups is 1. The van der Waals surface area contributed by atoms with Crippen molar-refractivity contribution in [2.75, 3.05) is 18.4 Å². The van der Waals surface area contributed by atoms with Crippen molar-refractivity contribution in [1.82, 2.24) is 14.1 Å². The molecule has 2 aromatic rings. The van der Waals surface area contributed by atoms with E-state index in [-0.39, 0.29) is 23.2 Å². The topological polar surface area (TPSA) is 105 Å². The molecule has 1 saturated heterocycles. The van der Waals surface area contributed by atoms with E-state index in [2.05, 4.69) is 10.4 Å². The summed E-state index contributed by atoms with van der Waals surface area (Å²) in [6.07, 6.45) is 2.30. The molecule has 0 unspecified atom stereocenters. The molecule has 2 heterocycles. The molecule has 1 aliphatic rings. The Morgan fingerprint density at radius 2 is 2.11 bits per heavy atom. The molecule has 0 bridgehead atoms. The van der Waals surface area contributed by atoms with Gasteiger partial charge in [-0.25, -0.2) is 8.42 Å². The Hall–Kier alpha value is -2.23. The number of benzene rings is 1. The van der Waals surface area contributed by atoms with Crippen molar-refractivity contribution < 1.29 is 18.3 Å². The number of amides is 1. The van der Waals surface area contributed by atoms with Gasteiger partial charge in [0.25, 0.3) is 5.91 Å². The van der Waals surface area contributed by atoms with Crippen LogP contribution in [-0.4, -0.2) is 52.7 Å². The second-order valence-electron chi connectivity index (χ2n) is 6.92. The van der Waals surface area contributed by atoms with E-state index in [4.69, 9.17) is 0 Å². The number of aromatic nitrogens is 2. The highest BCUT2D eigenvalue weighted by Gasteiger charge is 2.29. The summed E-state index contributed by atoms with van der Waals surface area (Å²) in [6, 6.07) is 7.87. The SMILES string of the molecule is CC(C)n1ccc(C(=O)Nc2cccc(S(=O)(=O)N3CCC[C@@H](O)C3)c2)n1. The number of nitrogens with zero attached hydrogens (tertiary/aromatic N) is 3. The molecule has 1 atom stereocenters. The Labute approximate surface area is 158 Å². The lowest BCUT2D eigenvalue weighted by atomic mass is 10.1. The molecule has 1 aromatic heterocycles. The lowest BCUT2D eigenvalue weighted by Gasteiger charge is -2.29. The third-order valence-electron chi connectivity index (χ3n) is 4.46. The van der Waals surface area contributed by atoms with E-state index in [1.807, 2.05) is 13.8 Å². The summed E-state index contributed by atoms with van der Waals surface area (Å²) in [5, 5.41) is 16.7. The van der Waals surface area contributed by atoms with Crippen LogP contribution in [0.4, 0.5) is 5.69 Å². The van der Waals surface area contributed by atoms with Crippen molar-refractivity contribution >= 4 is 21.6 Å². The van der Waals surface area contributed by atoms with E-state index in [0.29, 0.717) is 25.1 Å². The van der Waals surface area contributed by atoms with E-state index in [0.717, 1.165) is 0 Å². The highest BCUT2D eigenvalue weighted by atomic mass is 32.2. The first-order valence-corrected chi connectivity index (χ1v) is 10.4. The molecule has 3 rings (SSSR count). The highest BCUT2D eigenvalue weighted by Crippen LogP contribution is 2.23. The first kappa shape index (κ1) is 19.5. The number of aliphatic hydroxyl groups excluding tert-OH is 1. The number of hydrogen-bond acceptors (Lipinski definition) is 5. The highest BCUT2D eigenvalue weighted by molar-refractivity contribution is 7.89. The van der Waals surface area contributed by atoms with Gasteiger partial charge in [0.1, 0.15) is 0 Å². The fraction of sp³-hybridized carbons (Fsp3) is 0.444. The minimum Gasteiger partial charge on any atom is -0.392 e. The Kier molecular flexibility index (Phi) is 5.64. The fourth-order valence-corrected chi connectivity index (χ4v) is 4.53. The van der Waals surface area contributed by atoms with Crippen LogP contribution in [0.15, 0.2) is 41.4 Å². The first-order valence-electron chi connectivity index (χ1n) is 8.92. The van der Waals surface area contributed by atoms with E-state index in [1.54, 1.807) is 29.1 Å². The number of hydrogen-bond donors (Lipinski definition) is 2. The minimum atomic E-state index is -3.72. The number of carbonyl (C=O) groups excluding carboxylic acids is 1. The van der Waals surface area contributed by atoms with Gasteiger partial charge in [0.05, 0.1) is 11.0 Å². The molecule has 27 heavy (non-hydrogen) atoms. The van der Waals surface area contributed by atoms with Crippen molar-refractivity contribution in [3.05, 3.63) is 42.2 Å². The number of piperidine rings is 1. The van der Waals surface area contributed by atoms with Gasteiger partial charge >= 0.3 is 0 Å². The van der Waals surface area contributed by atoms with Crippen LogP contribution in [0.1, 0.15) is 43.2 Å². The van der Waals surface area contributed by atoms with Gasteiger partial charge in [-0.2, -0.15) is 9.40 Å². The minimum absolute atomic E-state index is 0.0853. The van der Waals surface area contributed by atoms with Crippen molar-refractivity contribution in [1.29, 1.82) is 0 Å². The number of rotatable bonds is 5. The first-order chi connectivity index (χ1) is 12.8. The maximum Gasteiger partial charge on any atom is 0.276 e. The van der Waals surface area contributed by atoms with E-state index in [9.17, 15) is 18.3 Å². The van der Waals surface area contributed by atoms with Gasteiger partial charge in [0.15, 0.2) is 5.69 Å². The molecular formula is C18H24N4O4S. The molecule has 1 aliphatic heterocycles. The molecule has 1 amide bonds. The number of β-amino-alcohol motifs (C(OH)–C–C–N with tert-alkyl or cyclic N) is 1. The molecule has 9 heteroatoms. The van der Waals surface area contributed by atoms with Gasteiger partial charge in [-0.15, -0.1) is 0 Å². The van der Waals surface area contributed by atoms with Crippen LogP contribution in [0, 0.1) is 0 Å². The largest absolute Gasteiger partial charge is 0.392 e. The van der Waals surface area contributed by atoms with E-state index in [1.165, 1.54) is 16.4 Å². The molecule has 0 aliphatic carbocycles. The summed E-state index contributed by atoms with van der Waals surface area (Å²) >= 11 is 0. The molecule has 0 saturated carbocycles. The van der Waals surface area contributed by atoms with Crippen molar-refractivity contribution in [2.24, 2.45) is 0 Å². The van der Waals surface area contributed by atoms with Crippen LogP contribution >= 0.6 is 0 Å². The van der Waals surface area contributed by atoms with Crippen LogP contribution in [-0.2, 0) is 10.0 Å². The molecular weight excluding hydrogens is 368 g/mol. The van der Waals surface area contributed by atoms with Crippen LogP contribution in [0.5, 0.6) is 0 Å². The third-order valence-corrected chi connectivity index (χ3v) is 6.32. The smallest absolute Gasteiger partial charge is 0.276 e. The maximum absolute atomic E-state index is 12.8. The quantitative estimate of drug-likeness (QED) is 0.808. The number of nitrogens with one attached hydrogen (secondary N) is 1. The molecule has 0 spiro atoms. The summed E-state index contributed by atoms with van der Waals surface area (Å²) in [5.41, 5.74) is 0.633. The van der Waals surface area contributed by atoms with Crippen LogP contribution < -0.4 is 5.32 Å². The molecule has 0 radical (unpaired) electrons. The zero-order valence-electron chi connectivity index (χ0n) is 15.4. The summed E-state index contributed by atoms with van der Waals surface area (Å²) < 4.78 is 28.6.